The predicted molar refractivity (Wildman–Crippen MR) is 51.0 cm³/mol. The first-order valence-electron chi connectivity index (χ1n) is 3.87. The lowest BCUT2D eigenvalue weighted by molar-refractivity contribution is -0.154. The monoisotopic (exact) mass is 214 g/mol. The summed E-state index contributed by atoms with van der Waals surface area (Å²) in [5.41, 5.74) is -1.73. The van der Waals surface area contributed by atoms with Gasteiger partial charge in [-0.05, 0) is 13.0 Å². The first-order valence-corrected chi connectivity index (χ1v) is 4.85. The fraction of sp³-hybridized carbons (Fsp3) is 0.375. The van der Waals surface area contributed by atoms with Gasteiger partial charge in [-0.3, -0.25) is 0 Å². The SMILES string of the molecule is CC(O)(CSc1ccncn1)C(=O)O. The number of nitrogens with zero attached hydrogens (tertiary/aromatic N) is 2. The van der Waals surface area contributed by atoms with Crippen LogP contribution in [-0.4, -0.2) is 37.5 Å². The first kappa shape index (κ1) is 10.9. The smallest absolute Gasteiger partial charge is 0.336 e. The third-order valence-corrected chi connectivity index (χ3v) is 2.76. The molecule has 0 radical (unpaired) electrons. The zero-order valence-electron chi connectivity index (χ0n) is 7.54. The third-order valence-electron chi connectivity index (χ3n) is 1.52. The normalized spacial score (nSPS) is 14.7. The van der Waals surface area contributed by atoms with Crippen molar-refractivity contribution in [1.29, 1.82) is 0 Å². The van der Waals surface area contributed by atoms with Crippen LogP contribution in [0.2, 0.25) is 0 Å². The van der Waals surface area contributed by atoms with Crippen molar-refractivity contribution in [2.75, 3.05) is 5.75 Å². The van der Waals surface area contributed by atoms with Crippen molar-refractivity contribution in [2.24, 2.45) is 0 Å². The molecule has 0 amide bonds. The summed E-state index contributed by atoms with van der Waals surface area (Å²) < 4.78 is 0. The van der Waals surface area contributed by atoms with Crippen molar-refractivity contribution >= 4 is 17.7 Å². The van der Waals surface area contributed by atoms with Crippen molar-refractivity contribution in [3.63, 3.8) is 0 Å². The molecule has 0 aromatic carbocycles. The molecule has 0 saturated heterocycles. The van der Waals surface area contributed by atoms with Crippen LogP contribution >= 0.6 is 11.8 Å². The Hall–Kier alpha value is -1.14. The fourth-order valence-corrected chi connectivity index (χ4v) is 1.47. The Morgan fingerprint density at radius 2 is 2.43 bits per heavy atom. The van der Waals surface area contributed by atoms with Gasteiger partial charge in [0.1, 0.15) is 6.33 Å². The van der Waals surface area contributed by atoms with Crippen molar-refractivity contribution in [1.82, 2.24) is 9.97 Å². The number of hydrogen-bond acceptors (Lipinski definition) is 5. The minimum Gasteiger partial charge on any atom is -0.479 e. The van der Waals surface area contributed by atoms with Crippen molar-refractivity contribution < 1.29 is 15.0 Å². The second kappa shape index (κ2) is 4.39. The van der Waals surface area contributed by atoms with Crippen LogP contribution in [0.4, 0.5) is 0 Å². The number of thioether (sulfide) groups is 1. The van der Waals surface area contributed by atoms with E-state index in [0.29, 0.717) is 5.03 Å². The van der Waals surface area contributed by atoms with E-state index in [1.807, 2.05) is 0 Å². The Morgan fingerprint density at radius 1 is 1.71 bits per heavy atom. The highest BCUT2D eigenvalue weighted by atomic mass is 32.2. The maximum absolute atomic E-state index is 10.5. The largest absolute Gasteiger partial charge is 0.479 e. The van der Waals surface area contributed by atoms with Gasteiger partial charge in [0.2, 0.25) is 0 Å². The molecule has 1 aromatic rings. The number of rotatable bonds is 4. The minimum atomic E-state index is -1.73. The molecule has 0 bridgehead atoms. The zero-order valence-corrected chi connectivity index (χ0v) is 8.36. The average Bonchev–Trinajstić information content (AvgIpc) is 2.16. The van der Waals surface area contributed by atoms with Gasteiger partial charge in [-0.25, -0.2) is 14.8 Å². The Bertz CT molecular complexity index is 316. The number of carboxylic acid groups (broad SMARTS) is 1. The molecular formula is C8H10N2O3S. The fourth-order valence-electron chi connectivity index (χ4n) is 0.640. The lowest BCUT2D eigenvalue weighted by atomic mass is 10.1. The number of hydrogen-bond donors (Lipinski definition) is 2. The summed E-state index contributed by atoms with van der Waals surface area (Å²) in [6.45, 7) is 1.25. The topological polar surface area (TPSA) is 83.3 Å². The highest BCUT2D eigenvalue weighted by Crippen LogP contribution is 2.19. The number of aromatic nitrogens is 2. The van der Waals surface area contributed by atoms with Gasteiger partial charge in [0.25, 0.3) is 0 Å². The maximum Gasteiger partial charge on any atom is 0.336 e. The molecule has 0 aliphatic carbocycles. The van der Waals surface area contributed by atoms with E-state index in [2.05, 4.69) is 9.97 Å². The number of carboxylic acids is 1. The molecule has 1 atom stereocenters. The minimum absolute atomic E-state index is 0.0549. The van der Waals surface area contributed by atoms with E-state index >= 15 is 0 Å². The van der Waals surface area contributed by atoms with Crippen LogP contribution in [0.3, 0.4) is 0 Å². The van der Waals surface area contributed by atoms with Gasteiger partial charge in [-0.15, -0.1) is 11.8 Å². The zero-order chi connectivity index (χ0) is 10.6. The Balaban J connectivity index is 2.53. The number of carbonyl (C=O) groups is 1. The number of aliphatic carboxylic acids is 1. The lowest BCUT2D eigenvalue weighted by Gasteiger charge is -2.16. The van der Waals surface area contributed by atoms with E-state index in [-0.39, 0.29) is 5.75 Å². The molecule has 1 rings (SSSR count). The molecule has 0 aliphatic heterocycles. The van der Waals surface area contributed by atoms with Gasteiger partial charge in [0.15, 0.2) is 5.60 Å². The van der Waals surface area contributed by atoms with Crippen LogP contribution in [0.5, 0.6) is 0 Å². The van der Waals surface area contributed by atoms with Gasteiger partial charge in [-0.2, -0.15) is 0 Å². The standard InChI is InChI=1S/C8H10N2O3S/c1-8(13,7(11)12)4-14-6-2-3-9-5-10-6/h2-3,5,13H,4H2,1H3,(H,11,12). The maximum atomic E-state index is 10.5. The van der Waals surface area contributed by atoms with Gasteiger partial charge < -0.3 is 10.2 Å². The Morgan fingerprint density at radius 3 is 2.93 bits per heavy atom. The van der Waals surface area contributed by atoms with Crippen LogP contribution in [0, 0.1) is 0 Å². The molecule has 0 spiro atoms. The van der Waals surface area contributed by atoms with Crippen LogP contribution in [-0.2, 0) is 4.79 Å². The predicted octanol–water partition coefficient (Wildman–Crippen LogP) is 0.404. The van der Waals surface area contributed by atoms with Crippen LogP contribution in [0.15, 0.2) is 23.6 Å². The summed E-state index contributed by atoms with van der Waals surface area (Å²) in [7, 11) is 0. The first-order chi connectivity index (χ1) is 6.52. The molecule has 2 N–H and O–H groups in total. The molecule has 1 heterocycles. The van der Waals surface area contributed by atoms with Gasteiger partial charge in [0, 0.05) is 11.9 Å². The van der Waals surface area contributed by atoms with Crippen LogP contribution < -0.4 is 0 Å². The second-order valence-electron chi connectivity index (χ2n) is 2.92. The molecule has 1 unspecified atom stereocenters. The molecule has 0 fully saturated rings. The van der Waals surface area contributed by atoms with Gasteiger partial charge >= 0.3 is 5.97 Å². The van der Waals surface area contributed by atoms with Crippen molar-refractivity contribution in [2.45, 2.75) is 17.6 Å². The second-order valence-corrected chi connectivity index (χ2v) is 3.91. The Kier molecular flexibility index (Phi) is 3.43. The van der Waals surface area contributed by atoms with E-state index in [0.717, 1.165) is 0 Å². The highest BCUT2D eigenvalue weighted by molar-refractivity contribution is 7.99. The van der Waals surface area contributed by atoms with E-state index in [4.69, 9.17) is 5.11 Å². The molecule has 14 heavy (non-hydrogen) atoms. The summed E-state index contributed by atoms with van der Waals surface area (Å²) in [6, 6.07) is 1.66. The van der Waals surface area contributed by atoms with Crippen molar-refractivity contribution in [3.8, 4) is 0 Å². The molecular weight excluding hydrogens is 204 g/mol. The molecule has 6 heteroatoms. The molecule has 0 saturated carbocycles. The average molecular weight is 214 g/mol. The van der Waals surface area contributed by atoms with E-state index in [1.165, 1.54) is 25.0 Å². The molecule has 0 aliphatic rings. The van der Waals surface area contributed by atoms with Crippen molar-refractivity contribution in [3.05, 3.63) is 18.6 Å². The highest BCUT2D eigenvalue weighted by Gasteiger charge is 2.29. The van der Waals surface area contributed by atoms with E-state index < -0.39 is 11.6 Å². The third kappa shape index (κ3) is 2.97. The van der Waals surface area contributed by atoms with Gasteiger partial charge in [0.05, 0.1) is 5.03 Å². The van der Waals surface area contributed by atoms with E-state index in [1.54, 1.807) is 12.3 Å². The number of aliphatic hydroxyl groups is 1. The van der Waals surface area contributed by atoms with Gasteiger partial charge in [-0.1, -0.05) is 0 Å². The summed E-state index contributed by atoms with van der Waals surface area (Å²) >= 11 is 1.17. The summed E-state index contributed by atoms with van der Waals surface area (Å²) in [6.07, 6.45) is 2.93. The summed E-state index contributed by atoms with van der Waals surface area (Å²) in [5, 5.41) is 18.7. The Labute approximate surface area is 85.2 Å². The summed E-state index contributed by atoms with van der Waals surface area (Å²) in [4.78, 5) is 18.2. The summed E-state index contributed by atoms with van der Waals surface area (Å²) in [5.74, 6) is -1.18. The van der Waals surface area contributed by atoms with Crippen LogP contribution in [0.1, 0.15) is 6.92 Å². The molecule has 76 valence electrons. The quantitative estimate of drug-likeness (QED) is 0.557. The molecule has 1 aromatic heterocycles. The van der Waals surface area contributed by atoms with E-state index in [9.17, 15) is 9.90 Å². The van der Waals surface area contributed by atoms with Crippen LogP contribution in [0.25, 0.3) is 0 Å². The lowest BCUT2D eigenvalue weighted by Crippen LogP contribution is -2.37. The molecule has 5 nitrogen and oxygen atoms in total.